The summed E-state index contributed by atoms with van der Waals surface area (Å²) in [5.74, 6) is 0.475. The number of nitrogens with one attached hydrogen (secondary N) is 1. The van der Waals surface area contributed by atoms with Crippen molar-refractivity contribution in [2.75, 3.05) is 39.8 Å². The molecule has 1 aromatic rings. The first-order valence-corrected chi connectivity index (χ1v) is 9.66. The number of hydrogen-bond donors (Lipinski definition) is 1. The van der Waals surface area contributed by atoms with Crippen molar-refractivity contribution in [3.05, 3.63) is 35.4 Å². The first kappa shape index (κ1) is 20.6. The lowest BCUT2D eigenvalue weighted by atomic mass is 9.84. The van der Waals surface area contributed by atoms with Crippen molar-refractivity contribution < 1.29 is 22.8 Å². The largest absolute Gasteiger partial charge is 0.416 e. The molecule has 8 heteroatoms. The van der Waals surface area contributed by atoms with Gasteiger partial charge in [0.25, 0.3) is 5.91 Å². The fourth-order valence-electron chi connectivity index (χ4n) is 4.08. The van der Waals surface area contributed by atoms with Gasteiger partial charge in [0.2, 0.25) is 5.91 Å². The Morgan fingerprint density at radius 2 is 1.64 bits per heavy atom. The standard InChI is InChI=1S/C20H26F3N3O2/c1-25-9-6-14(7-10-25)16-8-11-26(13-16)18(27)12-24-19(28)15-2-4-17(5-3-15)20(21,22)23/h2-5,14,16H,6-13H2,1H3,(H,24,28). The molecule has 1 atom stereocenters. The highest BCUT2D eigenvalue weighted by Gasteiger charge is 2.33. The molecule has 2 amide bonds. The maximum absolute atomic E-state index is 12.6. The van der Waals surface area contributed by atoms with E-state index in [0.717, 1.165) is 63.2 Å². The predicted octanol–water partition coefficient (Wildman–Crippen LogP) is 2.63. The van der Waals surface area contributed by atoms with Gasteiger partial charge in [-0.2, -0.15) is 13.2 Å². The summed E-state index contributed by atoms with van der Waals surface area (Å²) in [5, 5.41) is 2.52. The first-order chi connectivity index (χ1) is 13.2. The van der Waals surface area contributed by atoms with Crippen molar-refractivity contribution in [1.29, 1.82) is 0 Å². The highest BCUT2D eigenvalue weighted by atomic mass is 19.4. The van der Waals surface area contributed by atoms with E-state index in [4.69, 9.17) is 0 Å². The molecule has 0 aliphatic carbocycles. The molecule has 0 saturated carbocycles. The smallest absolute Gasteiger partial charge is 0.343 e. The van der Waals surface area contributed by atoms with Crippen molar-refractivity contribution >= 4 is 11.8 Å². The minimum atomic E-state index is -4.44. The molecule has 1 aromatic carbocycles. The SMILES string of the molecule is CN1CCC(C2CCN(C(=O)CNC(=O)c3ccc(C(F)(F)F)cc3)C2)CC1. The molecule has 2 fully saturated rings. The maximum Gasteiger partial charge on any atom is 0.416 e. The van der Waals surface area contributed by atoms with Crippen molar-refractivity contribution in [3.63, 3.8) is 0 Å². The van der Waals surface area contributed by atoms with Crippen LogP contribution in [0.4, 0.5) is 13.2 Å². The summed E-state index contributed by atoms with van der Waals surface area (Å²) >= 11 is 0. The zero-order valence-corrected chi connectivity index (χ0v) is 16.0. The molecule has 1 unspecified atom stereocenters. The van der Waals surface area contributed by atoms with Gasteiger partial charge < -0.3 is 15.1 Å². The number of rotatable bonds is 4. The topological polar surface area (TPSA) is 52.6 Å². The zero-order chi connectivity index (χ0) is 20.3. The molecule has 28 heavy (non-hydrogen) atoms. The van der Waals surface area contributed by atoms with E-state index < -0.39 is 17.6 Å². The number of carbonyl (C=O) groups is 2. The molecule has 3 rings (SSSR count). The third-order valence-electron chi connectivity index (χ3n) is 5.88. The van der Waals surface area contributed by atoms with Gasteiger partial charge in [0.1, 0.15) is 0 Å². The third kappa shape index (κ3) is 5.04. The first-order valence-electron chi connectivity index (χ1n) is 9.66. The molecule has 0 spiro atoms. The Bertz CT molecular complexity index is 698. The molecule has 1 N–H and O–H groups in total. The van der Waals surface area contributed by atoms with Gasteiger partial charge in [-0.15, -0.1) is 0 Å². The van der Waals surface area contributed by atoms with Gasteiger partial charge in [-0.05, 0) is 75.5 Å². The van der Waals surface area contributed by atoms with Crippen LogP contribution in [0.1, 0.15) is 35.2 Å². The summed E-state index contributed by atoms with van der Waals surface area (Å²) < 4.78 is 37.7. The van der Waals surface area contributed by atoms with Gasteiger partial charge >= 0.3 is 6.18 Å². The Kier molecular flexibility index (Phi) is 6.27. The highest BCUT2D eigenvalue weighted by molar-refractivity contribution is 5.96. The second-order valence-electron chi connectivity index (χ2n) is 7.79. The minimum Gasteiger partial charge on any atom is -0.343 e. The maximum atomic E-state index is 12.6. The average Bonchev–Trinajstić information content (AvgIpc) is 3.16. The Morgan fingerprint density at radius 1 is 1.04 bits per heavy atom. The van der Waals surface area contributed by atoms with Crippen molar-refractivity contribution in [1.82, 2.24) is 15.1 Å². The number of carbonyl (C=O) groups excluding carboxylic acids is 2. The van der Waals surface area contributed by atoms with Crippen LogP contribution in [-0.2, 0) is 11.0 Å². The van der Waals surface area contributed by atoms with Crippen LogP contribution in [-0.4, -0.2) is 61.4 Å². The van der Waals surface area contributed by atoms with E-state index in [1.54, 1.807) is 4.90 Å². The van der Waals surface area contributed by atoms with Gasteiger partial charge in [-0.3, -0.25) is 9.59 Å². The van der Waals surface area contributed by atoms with Crippen molar-refractivity contribution in [3.8, 4) is 0 Å². The van der Waals surface area contributed by atoms with E-state index in [-0.39, 0.29) is 18.0 Å². The average molecular weight is 397 g/mol. The van der Waals surface area contributed by atoms with Crippen LogP contribution in [0.25, 0.3) is 0 Å². The van der Waals surface area contributed by atoms with Crippen molar-refractivity contribution in [2.24, 2.45) is 11.8 Å². The molecular formula is C20H26F3N3O2. The summed E-state index contributed by atoms with van der Waals surface area (Å²) in [4.78, 5) is 28.6. The number of likely N-dealkylation sites (tertiary alicyclic amines) is 2. The molecule has 2 heterocycles. The molecule has 0 aromatic heterocycles. The minimum absolute atomic E-state index is 0.103. The number of piperidine rings is 1. The lowest BCUT2D eigenvalue weighted by Crippen LogP contribution is -2.40. The fourth-order valence-corrected chi connectivity index (χ4v) is 4.08. The zero-order valence-electron chi connectivity index (χ0n) is 16.0. The van der Waals surface area contributed by atoms with E-state index in [1.165, 1.54) is 0 Å². The summed E-state index contributed by atoms with van der Waals surface area (Å²) in [5.41, 5.74) is -0.705. The Labute approximate surface area is 162 Å². The monoisotopic (exact) mass is 397 g/mol. The lowest BCUT2D eigenvalue weighted by molar-refractivity contribution is -0.137. The lowest BCUT2D eigenvalue weighted by Gasteiger charge is -2.32. The Hall–Kier alpha value is -2.09. The predicted molar refractivity (Wildman–Crippen MR) is 98.7 cm³/mol. The second kappa shape index (κ2) is 8.51. The molecule has 2 aliphatic heterocycles. The van der Waals surface area contributed by atoms with E-state index in [9.17, 15) is 22.8 Å². The molecule has 2 aliphatic rings. The summed E-state index contributed by atoms with van der Waals surface area (Å²) in [6.07, 6.45) is -1.13. The van der Waals surface area contributed by atoms with E-state index in [0.29, 0.717) is 18.4 Å². The number of nitrogens with zero attached hydrogens (tertiary/aromatic N) is 2. The van der Waals surface area contributed by atoms with Gasteiger partial charge in [0.15, 0.2) is 0 Å². The van der Waals surface area contributed by atoms with Gasteiger partial charge in [0.05, 0.1) is 12.1 Å². The second-order valence-corrected chi connectivity index (χ2v) is 7.79. The third-order valence-corrected chi connectivity index (χ3v) is 5.88. The van der Waals surface area contributed by atoms with Crippen LogP contribution in [0.15, 0.2) is 24.3 Å². The van der Waals surface area contributed by atoms with Crippen LogP contribution in [0.3, 0.4) is 0 Å². The highest BCUT2D eigenvalue weighted by Crippen LogP contribution is 2.31. The molecule has 5 nitrogen and oxygen atoms in total. The van der Waals surface area contributed by atoms with Crippen LogP contribution in [0, 0.1) is 11.8 Å². The summed E-state index contributed by atoms with van der Waals surface area (Å²) in [7, 11) is 2.13. The van der Waals surface area contributed by atoms with E-state index in [2.05, 4.69) is 17.3 Å². The number of benzene rings is 1. The molecular weight excluding hydrogens is 371 g/mol. The van der Waals surface area contributed by atoms with Crippen LogP contribution < -0.4 is 5.32 Å². The molecule has 0 radical (unpaired) electrons. The van der Waals surface area contributed by atoms with E-state index >= 15 is 0 Å². The normalized spacial score (nSPS) is 21.7. The Balaban J connectivity index is 1.46. The van der Waals surface area contributed by atoms with Gasteiger partial charge in [-0.25, -0.2) is 0 Å². The summed E-state index contributed by atoms with van der Waals surface area (Å²) in [6, 6.07) is 3.97. The fraction of sp³-hybridized carbons (Fsp3) is 0.600. The molecule has 2 saturated heterocycles. The number of hydrogen-bond acceptors (Lipinski definition) is 3. The van der Waals surface area contributed by atoms with Crippen LogP contribution >= 0.6 is 0 Å². The van der Waals surface area contributed by atoms with Crippen LogP contribution in [0.5, 0.6) is 0 Å². The summed E-state index contributed by atoms with van der Waals surface area (Å²) in [6.45, 7) is 3.48. The molecule has 154 valence electrons. The number of amides is 2. The van der Waals surface area contributed by atoms with Gasteiger partial charge in [0, 0.05) is 18.7 Å². The number of alkyl halides is 3. The quantitative estimate of drug-likeness (QED) is 0.850. The Morgan fingerprint density at radius 3 is 2.25 bits per heavy atom. The molecule has 0 bridgehead atoms. The van der Waals surface area contributed by atoms with Gasteiger partial charge in [-0.1, -0.05) is 0 Å². The van der Waals surface area contributed by atoms with Crippen LogP contribution in [0.2, 0.25) is 0 Å². The number of halogens is 3. The van der Waals surface area contributed by atoms with Crippen molar-refractivity contribution in [2.45, 2.75) is 25.4 Å². The van der Waals surface area contributed by atoms with E-state index in [1.807, 2.05) is 0 Å².